The molecular weight excluding hydrogens is 224 g/mol. The molecule has 18 heavy (non-hydrogen) atoms. The van der Waals surface area contributed by atoms with Crippen LogP contribution in [0.25, 0.3) is 0 Å². The number of hydrogen-bond acceptors (Lipinski definition) is 3. The summed E-state index contributed by atoms with van der Waals surface area (Å²) < 4.78 is 5.55. The fourth-order valence-electron chi connectivity index (χ4n) is 3.53. The van der Waals surface area contributed by atoms with E-state index in [0.717, 1.165) is 13.0 Å². The molecule has 0 radical (unpaired) electrons. The Morgan fingerprint density at radius 3 is 2.61 bits per heavy atom. The van der Waals surface area contributed by atoms with E-state index >= 15 is 0 Å². The van der Waals surface area contributed by atoms with E-state index in [4.69, 9.17) is 4.74 Å². The summed E-state index contributed by atoms with van der Waals surface area (Å²) in [5.41, 5.74) is 1.66. The Labute approximate surface area is 112 Å². The molecule has 0 bridgehead atoms. The molecule has 0 aliphatic carbocycles. The SMILES string of the molecule is CCC(C)(C(NC)C1=COCCC1)N1CCCC1. The molecule has 0 aromatic carbocycles. The van der Waals surface area contributed by atoms with Crippen LogP contribution in [0.3, 0.4) is 0 Å². The average molecular weight is 252 g/mol. The predicted molar refractivity (Wildman–Crippen MR) is 75.6 cm³/mol. The zero-order valence-electron chi connectivity index (χ0n) is 12.2. The molecule has 2 heterocycles. The summed E-state index contributed by atoms with van der Waals surface area (Å²) in [4.78, 5) is 2.67. The lowest BCUT2D eigenvalue weighted by Gasteiger charge is -2.45. The van der Waals surface area contributed by atoms with Gasteiger partial charge in [0.05, 0.1) is 12.9 Å². The van der Waals surface area contributed by atoms with Gasteiger partial charge in [0.25, 0.3) is 0 Å². The van der Waals surface area contributed by atoms with Crippen LogP contribution in [-0.2, 0) is 4.74 Å². The molecule has 3 heteroatoms. The Kier molecular flexibility index (Phi) is 4.68. The van der Waals surface area contributed by atoms with Crippen molar-refractivity contribution in [3.63, 3.8) is 0 Å². The van der Waals surface area contributed by atoms with E-state index in [1.807, 2.05) is 6.26 Å². The van der Waals surface area contributed by atoms with Crippen molar-refractivity contribution in [1.82, 2.24) is 10.2 Å². The van der Waals surface area contributed by atoms with Gasteiger partial charge < -0.3 is 10.1 Å². The van der Waals surface area contributed by atoms with Gasteiger partial charge in [-0.15, -0.1) is 0 Å². The van der Waals surface area contributed by atoms with Crippen molar-refractivity contribution in [2.75, 3.05) is 26.7 Å². The van der Waals surface area contributed by atoms with Crippen LogP contribution in [0.15, 0.2) is 11.8 Å². The standard InChI is InChI=1S/C15H28N2O/c1-4-15(2,17-9-5-6-10-17)14(16-3)13-8-7-11-18-12-13/h12,14,16H,4-11H2,1-3H3. The third kappa shape index (κ3) is 2.57. The molecule has 1 N–H and O–H groups in total. The molecule has 0 spiro atoms. The Bertz CT molecular complexity index is 297. The van der Waals surface area contributed by atoms with Crippen LogP contribution in [0, 0.1) is 0 Å². The van der Waals surface area contributed by atoms with Crippen molar-refractivity contribution in [1.29, 1.82) is 0 Å². The Morgan fingerprint density at radius 1 is 1.39 bits per heavy atom. The first kappa shape index (κ1) is 13.9. The number of hydrogen-bond donors (Lipinski definition) is 1. The van der Waals surface area contributed by atoms with Crippen molar-refractivity contribution in [2.45, 2.75) is 57.5 Å². The van der Waals surface area contributed by atoms with Crippen LogP contribution in [-0.4, -0.2) is 43.2 Å². The van der Waals surface area contributed by atoms with Gasteiger partial charge in [0.1, 0.15) is 0 Å². The summed E-state index contributed by atoms with van der Waals surface area (Å²) in [5.74, 6) is 0. The highest BCUT2D eigenvalue weighted by Crippen LogP contribution is 2.33. The Morgan fingerprint density at radius 2 is 2.11 bits per heavy atom. The number of rotatable bonds is 5. The van der Waals surface area contributed by atoms with Gasteiger partial charge in [-0.1, -0.05) is 6.92 Å². The minimum absolute atomic E-state index is 0.220. The Balaban J connectivity index is 2.18. The second-order valence-electron chi connectivity index (χ2n) is 5.79. The van der Waals surface area contributed by atoms with Crippen molar-refractivity contribution < 1.29 is 4.74 Å². The second kappa shape index (κ2) is 6.07. The molecule has 3 nitrogen and oxygen atoms in total. The number of likely N-dealkylation sites (tertiary alicyclic amines) is 1. The van der Waals surface area contributed by atoms with Gasteiger partial charge in [0.15, 0.2) is 0 Å². The molecule has 0 amide bonds. The maximum absolute atomic E-state index is 5.55. The molecule has 2 aliphatic heterocycles. The van der Waals surface area contributed by atoms with E-state index in [2.05, 4.69) is 31.1 Å². The molecule has 2 aliphatic rings. The number of likely N-dealkylation sites (N-methyl/N-ethyl adjacent to an activating group) is 1. The highest BCUT2D eigenvalue weighted by molar-refractivity contribution is 5.18. The summed E-state index contributed by atoms with van der Waals surface area (Å²) in [6.07, 6.45) is 8.21. The average Bonchev–Trinajstić information content (AvgIpc) is 2.95. The van der Waals surface area contributed by atoms with Crippen molar-refractivity contribution >= 4 is 0 Å². The first-order chi connectivity index (χ1) is 8.72. The van der Waals surface area contributed by atoms with Gasteiger partial charge >= 0.3 is 0 Å². The minimum atomic E-state index is 0.220. The molecule has 1 saturated heterocycles. The first-order valence-electron chi connectivity index (χ1n) is 7.45. The predicted octanol–water partition coefficient (Wildman–Crippen LogP) is 2.53. The van der Waals surface area contributed by atoms with Crippen LogP contribution in [0.4, 0.5) is 0 Å². The van der Waals surface area contributed by atoms with Gasteiger partial charge in [-0.2, -0.15) is 0 Å². The largest absolute Gasteiger partial charge is 0.501 e. The van der Waals surface area contributed by atoms with Crippen LogP contribution in [0.2, 0.25) is 0 Å². The summed E-state index contributed by atoms with van der Waals surface area (Å²) in [7, 11) is 2.09. The van der Waals surface area contributed by atoms with E-state index in [0.29, 0.717) is 6.04 Å². The van der Waals surface area contributed by atoms with Gasteiger partial charge in [0, 0.05) is 11.6 Å². The summed E-state index contributed by atoms with van der Waals surface area (Å²) in [5, 5.41) is 3.55. The molecule has 2 rings (SSSR count). The fraction of sp³-hybridized carbons (Fsp3) is 0.867. The number of nitrogens with zero attached hydrogens (tertiary/aromatic N) is 1. The van der Waals surface area contributed by atoms with Gasteiger partial charge in [0.2, 0.25) is 0 Å². The van der Waals surface area contributed by atoms with E-state index in [-0.39, 0.29) is 5.54 Å². The molecule has 0 aromatic heterocycles. The third-order valence-electron chi connectivity index (χ3n) is 4.79. The maximum Gasteiger partial charge on any atom is 0.0876 e. The van der Waals surface area contributed by atoms with Crippen LogP contribution < -0.4 is 5.32 Å². The third-order valence-corrected chi connectivity index (χ3v) is 4.79. The number of nitrogens with one attached hydrogen (secondary N) is 1. The normalized spacial score (nSPS) is 26.3. The monoisotopic (exact) mass is 252 g/mol. The van der Waals surface area contributed by atoms with Crippen molar-refractivity contribution in [3.8, 4) is 0 Å². The quantitative estimate of drug-likeness (QED) is 0.814. The van der Waals surface area contributed by atoms with Crippen LogP contribution in [0.5, 0.6) is 0 Å². The van der Waals surface area contributed by atoms with Gasteiger partial charge in [-0.05, 0) is 64.7 Å². The van der Waals surface area contributed by atoms with E-state index in [9.17, 15) is 0 Å². The number of ether oxygens (including phenoxy) is 1. The highest BCUT2D eigenvalue weighted by Gasteiger charge is 2.40. The fourth-order valence-corrected chi connectivity index (χ4v) is 3.53. The van der Waals surface area contributed by atoms with E-state index < -0.39 is 0 Å². The molecule has 1 fully saturated rings. The maximum atomic E-state index is 5.55. The first-order valence-corrected chi connectivity index (χ1v) is 7.45. The topological polar surface area (TPSA) is 24.5 Å². The summed E-state index contributed by atoms with van der Waals surface area (Å²) in [6, 6.07) is 0.417. The van der Waals surface area contributed by atoms with Crippen LogP contribution >= 0.6 is 0 Å². The lowest BCUT2D eigenvalue weighted by Crippen LogP contribution is -2.58. The lowest BCUT2D eigenvalue weighted by atomic mass is 9.81. The summed E-state index contributed by atoms with van der Waals surface area (Å²) in [6.45, 7) is 8.10. The van der Waals surface area contributed by atoms with Crippen molar-refractivity contribution in [3.05, 3.63) is 11.8 Å². The van der Waals surface area contributed by atoms with E-state index in [1.165, 1.54) is 44.3 Å². The second-order valence-corrected chi connectivity index (χ2v) is 5.79. The molecule has 104 valence electrons. The molecule has 0 aromatic rings. The zero-order valence-corrected chi connectivity index (χ0v) is 12.2. The van der Waals surface area contributed by atoms with Crippen LogP contribution in [0.1, 0.15) is 46.0 Å². The zero-order chi connectivity index (χ0) is 13.0. The Hall–Kier alpha value is -0.540. The smallest absolute Gasteiger partial charge is 0.0876 e. The molecular formula is C15H28N2O. The lowest BCUT2D eigenvalue weighted by molar-refractivity contribution is 0.0937. The van der Waals surface area contributed by atoms with Crippen molar-refractivity contribution in [2.24, 2.45) is 0 Å². The molecule has 2 unspecified atom stereocenters. The highest BCUT2D eigenvalue weighted by atomic mass is 16.5. The molecule has 0 saturated carbocycles. The van der Waals surface area contributed by atoms with Gasteiger partial charge in [-0.3, -0.25) is 4.90 Å². The summed E-state index contributed by atoms with van der Waals surface area (Å²) >= 11 is 0. The molecule has 2 atom stereocenters. The van der Waals surface area contributed by atoms with Gasteiger partial charge in [-0.25, -0.2) is 0 Å². The van der Waals surface area contributed by atoms with E-state index in [1.54, 1.807) is 0 Å². The minimum Gasteiger partial charge on any atom is -0.501 e.